The fourth-order valence-corrected chi connectivity index (χ4v) is 3.75. The minimum atomic E-state index is -2.02. The molecule has 1 aliphatic rings. The zero-order valence-corrected chi connectivity index (χ0v) is 19.4. The van der Waals surface area contributed by atoms with Gasteiger partial charge < -0.3 is 24.5 Å². The van der Waals surface area contributed by atoms with Gasteiger partial charge >= 0.3 is 0 Å². The van der Waals surface area contributed by atoms with E-state index >= 15 is 0 Å². The Hall–Kier alpha value is -0.740. The second kappa shape index (κ2) is 12.8. The lowest BCUT2D eigenvalue weighted by Crippen LogP contribution is -2.53. The summed E-state index contributed by atoms with van der Waals surface area (Å²) in [5, 5.41) is 2.48. The van der Waals surface area contributed by atoms with Crippen molar-refractivity contribution in [1.82, 2.24) is 15.1 Å². The van der Waals surface area contributed by atoms with Crippen LogP contribution in [0.3, 0.4) is 0 Å². The Morgan fingerprint density at radius 3 is 2.24 bits per heavy atom. The Kier molecular flexibility index (Phi) is 11.6. The summed E-state index contributed by atoms with van der Waals surface area (Å²) in [5.41, 5.74) is -2.02. The van der Waals surface area contributed by atoms with Gasteiger partial charge in [0, 0.05) is 43.2 Å². The van der Waals surface area contributed by atoms with Crippen molar-refractivity contribution in [3.8, 4) is 0 Å². The highest BCUT2D eigenvalue weighted by molar-refractivity contribution is 8.00. The quantitative estimate of drug-likeness (QED) is 0.325. The van der Waals surface area contributed by atoms with Crippen molar-refractivity contribution in [3.05, 3.63) is 0 Å². The number of rotatable bonds is 14. The van der Waals surface area contributed by atoms with E-state index in [9.17, 15) is 14.0 Å². The van der Waals surface area contributed by atoms with Crippen molar-refractivity contribution >= 4 is 24.0 Å². The average Bonchev–Trinajstić information content (AvgIpc) is 2.64. The first-order valence-electron chi connectivity index (χ1n) is 10.2. The first-order chi connectivity index (χ1) is 13.6. The molecule has 1 heterocycles. The number of piperazine rings is 1. The molecule has 0 aliphatic carbocycles. The molecule has 29 heavy (non-hydrogen) atoms. The van der Waals surface area contributed by atoms with Crippen LogP contribution >= 0.6 is 11.8 Å². The zero-order valence-electron chi connectivity index (χ0n) is 18.5. The number of thioether (sulfide) groups is 1. The van der Waals surface area contributed by atoms with Crippen LogP contribution in [0.5, 0.6) is 0 Å². The van der Waals surface area contributed by atoms with Crippen LogP contribution in [0.2, 0.25) is 0 Å². The summed E-state index contributed by atoms with van der Waals surface area (Å²) in [4.78, 5) is 27.9. The molecular weight excluding hydrogens is 397 g/mol. The van der Waals surface area contributed by atoms with Gasteiger partial charge in [-0.05, 0) is 34.7 Å². The number of aldehydes is 1. The number of hydrogen-bond donors (Lipinski definition) is 1. The van der Waals surface area contributed by atoms with Crippen LogP contribution in [0.15, 0.2) is 0 Å². The van der Waals surface area contributed by atoms with Gasteiger partial charge in [0.1, 0.15) is 6.29 Å². The largest absolute Gasteiger partial charge is 0.378 e. The van der Waals surface area contributed by atoms with E-state index in [1.807, 2.05) is 13.8 Å². The van der Waals surface area contributed by atoms with E-state index in [1.165, 1.54) is 25.6 Å². The smallest absolute Gasteiger partial charge is 0.257 e. The molecule has 0 spiro atoms. The molecule has 1 aliphatic heterocycles. The number of halogens is 1. The first kappa shape index (κ1) is 26.3. The minimum absolute atomic E-state index is 0.518. The molecule has 1 amide bonds. The molecule has 1 N–H and O–H groups in total. The molecule has 0 radical (unpaired) electrons. The highest BCUT2D eigenvalue weighted by Crippen LogP contribution is 2.28. The highest BCUT2D eigenvalue weighted by Gasteiger charge is 2.35. The number of carbonyl (C=O) groups excluding carboxylic acids is 2. The van der Waals surface area contributed by atoms with Gasteiger partial charge in [0.2, 0.25) is 0 Å². The standard InChI is InChI=1S/C20H38FN3O4S/c1-19(2,21)18(26)22-17(16-25)20(3,4)29-15-14-28-13-12-27-11-10-24-8-6-23(5)7-9-24/h16-17H,6-15H2,1-5H3,(H,22,26)/t17-/m1/s1. The van der Waals surface area contributed by atoms with Crippen molar-refractivity contribution in [2.45, 2.75) is 44.2 Å². The van der Waals surface area contributed by atoms with E-state index in [0.29, 0.717) is 38.5 Å². The Labute approximate surface area is 179 Å². The van der Waals surface area contributed by atoms with Crippen molar-refractivity contribution in [3.63, 3.8) is 0 Å². The van der Waals surface area contributed by atoms with Crippen LogP contribution in [0.4, 0.5) is 4.39 Å². The minimum Gasteiger partial charge on any atom is -0.378 e. The van der Waals surface area contributed by atoms with Crippen molar-refractivity contribution in [1.29, 1.82) is 0 Å². The number of alkyl halides is 1. The fraction of sp³-hybridized carbons (Fsp3) is 0.900. The number of amides is 1. The molecular formula is C20H38FN3O4S. The summed E-state index contributed by atoms with van der Waals surface area (Å²) in [6.45, 7) is 13.7. The summed E-state index contributed by atoms with van der Waals surface area (Å²) in [6, 6.07) is -0.770. The zero-order chi connectivity index (χ0) is 21.9. The normalized spacial score (nSPS) is 17.9. The van der Waals surface area contributed by atoms with Crippen LogP contribution in [0.25, 0.3) is 0 Å². The van der Waals surface area contributed by atoms with Crippen molar-refractivity contribution in [2.24, 2.45) is 0 Å². The van der Waals surface area contributed by atoms with Gasteiger partial charge in [-0.2, -0.15) is 11.8 Å². The number of carbonyl (C=O) groups is 2. The molecule has 7 nitrogen and oxygen atoms in total. The third-order valence-corrected chi connectivity index (χ3v) is 6.30. The second-order valence-corrected chi connectivity index (χ2v) is 10.1. The predicted octanol–water partition coefficient (Wildman–Crippen LogP) is 1.21. The molecule has 0 aromatic rings. The van der Waals surface area contributed by atoms with E-state index in [0.717, 1.165) is 32.7 Å². The molecule has 9 heteroatoms. The SMILES string of the molecule is CN1CCN(CCOCCOCCSC(C)(C)[C@@H](C=O)NC(=O)C(C)(C)F)CC1. The maximum Gasteiger partial charge on any atom is 0.257 e. The van der Waals surface area contributed by atoms with E-state index in [2.05, 4.69) is 22.2 Å². The van der Waals surface area contributed by atoms with Gasteiger partial charge in [-0.15, -0.1) is 0 Å². The Balaban J connectivity index is 2.10. The molecule has 1 atom stereocenters. The number of likely N-dealkylation sites (N-methyl/N-ethyl adjacent to an activating group) is 1. The second-order valence-electron chi connectivity index (χ2n) is 8.38. The highest BCUT2D eigenvalue weighted by atomic mass is 32.2. The van der Waals surface area contributed by atoms with Crippen molar-refractivity contribution < 1.29 is 23.5 Å². The van der Waals surface area contributed by atoms with Crippen LogP contribution in [0.1, 0.15) is 27.7 Å². The van der Waals surface area contributed by atoms with E-state index in [1.54, 1.807) is 0 Å². The van der Waals surface area contributed by atoms with Gasteiger partial charge in [0.05, 0.1) is 32.5 Å². The van der Waals surface area contributed by atoms with Crippen LogP contribution in [-0.2, 0) is 19.1 Å². The summed E-state index contributed by atoms with van der Waals surface area (Å²) in [7, 11) is 2.14. The van der Waals surface area contributed by atoms with Crippen LogP contribution in [-0.4, -0.2) is 110 Å². The molecule has 170 valence electrons. The number of nitrogens with one attached hydrogen (secondary N) is 1. The molecule has 1 fully saturated rings. The topological polar surface area (TPSA) is 71.1 Å². The molecule has 1 rings (SSSR count). The molecule has 0 unspecified atom stereocenters. The number of ether oxygens (including phenoxy) is 2. The maximum absolute atomic E-state index is 13.7. The Morgan fingerprint density at radius 1 is 1.10 bits per heavy atom. The monoisotopic (exact) mass is 435 g/mol. The number of hydrogen-bond acceptors (Lipinski definition) is 7. The lowest BCUT2D eigenvalue weighted by Gasteiger charge is -2.32. The van der Waals surface area contributed by atoms with Gasteiger partial charge in [0.15, 0.2) is 5.67 Å². The lowest BCUT2D eigenvalue weighted by molar-refractivity contribution is -0.133. The lowest BCUT2D eigenvalue weighted by atomic mass is 10.0. The van der Waals surface area contributed by atoms with Gasteiger partial charge in [-0.1, -0.05) is 0 Å². The molecule has 0 bridgehead atoms. The van der Waals surface area contributed by atoms with E-state index < -0.39 is 22.4 Å². The summed E-state index contributed by atoms with van der Waals surface area (Å²) in [6.07, 6.45) is 0.658. The van der Waals surface area contributed by atoms with Crippen LogP contribution in [0, 0.1) is 0 Å². The van der Waals surface area contributed by atoms with Gasteiger partial charge in [0.25, 0.3) is 5.91 Å². The molecule has 0 aromatic carbocycles. The Morgan fingerprint density at radius 2 is 1.69 bits per heavy atom. The fourth-order valence-electron chi connectivity index (χ4n) is 2.73. The van der Waals surface area contributed by atoms with E-state index in [-0.39, 0.29) is 0 Å². The third-order valence-electron chi connectivity index (χ3n) is 4.93. The average molecular weight is 436 g/mol. The maximum atomic E-state index is 13.7. The molecule has 1 saturated heterocycles. The van der Waals surface area contributed by atoms with Gasteiger partial charge in [-0.3, -0.25) is 9.69 Å². The van der Waals surface area contributed by atoms with Gasteiger partial charge in [-0.25, -0.2) is 4.39 Å². The summed E-state index contributed by atoms with van der Waals surface area (Å²) >= 11 is 1.51. The molecule has 0 saturated carbocycles. The van der Waals surface area contributed by atoms with E-state index in [4.69, 9.17) is 9.47 Å². The molecule has 0 aromatic heterocycles. The van der Waals surface area contributed by atoms with Crippen LogP contribution < -0.4 is 5.32 Å². The number of nitrogens with zero attached hydrogens (tertiary/aromatic N) is 2. The predicted molar refractivity (Wildman–Crippen MR) is 115 cm³/mol. The van der Waals surface area contributed by atoms with Crippen molar-refractivity contribution in [2.75, 3.05) is 72.0 Å². The summed E-state index contributed by atoms with van der Waals surface area (Å²) in [5.74, 6) is -0.124. The first-order valence-corrected chi connectivity index (χ1v) is 11.2. The third kappa shape index (κ3) is 10.7. The Bertz CT molecular complexity index is 495. The summed E-state index contributed by atoms with van der Waals surface area (Å²) < 4.78 is 24.3.